The van der Waals surface area contributed by atoms with Gasteiger partial charge in [-0.3, -0.25) is 4.72 Å². The van der Waals surface area contributed by atoms with Gasteiger partial charge in [0.25, 0.3) is 0 Å². The van der Waals surface area contributed by atoms with E-state index in [0.717, 1.165) is 15.7 Å². The van der Waals surface area contributed by atoms with E-state index < -0.39 is 10.2 Å². The van der Waals surface area contributed by atoms with Crippen LogP contribution in [-0.4, -0.2) is 45.9 Å². The van der Waals surface area contributed by atoms with Gasteiger partial charge < -0.3 is 10.2 Å². The SMILES string of the molecule is CN(C)c1ccc(Nc2ccc(NS(=O)(=O)N(C)C)cn2)cc1. The first-order valence-electron chi connectivity index (χ1n) is 6.99. The van der Waals surface area contributed by atoms with E-state index in [-0.39, 0.29) is 0 Å². The second kappa shape index (κ2) is 6.84. The molecule has 0 saturated heterocycles. The molecule has 2 aromatic rings. The standard InChI is InChI=1S/C15H21N5O2S/c1-19(2)14-8-5-12(6-9-14)17-15-10-7-13(11-16-15)18-23(21,22)20(3)4/h5-11,18H,1-4H3,(H,16,17). The smallest absolute Gasteiger partial charge is 0.301 e. The van der Waals surface area contributed by atoms with Gasteiger partial charge in [-0.2, -0.15) is 12.7 Å². The molecule has 0 spiro atoms. The van der Waals surface area contributed by atoms with Gasteiger partial charge in [-0.15, -0.1) is 0 Å². The molecule has 0 saturated carbocycles. The Kier molecular flexibility index (Phi) is 5.07. The van der Waals surface area contributed by atoms with Crippen molar-refractivity contribution in [3.8, 4) is 0 Å². The van der Waals surface area contributed by atoms with Gasteiger partial charge in [-0.25, -0.2) is 4.98 Å². The first-order chi connectivity index (χ1) is 10.8. The Morgan fingerprint density at radius 2 is 1.52 bits per heavy atom. The van der Waals surface area contributed by atoms with Crippen LogP contribution >= 0.6 is 0 Å². The third-order valence-corrected chi connectivity index (χ3v) is 4.60. The van der Waals surface area contributed by atoms with Crippen LogP contribution in [0.2, 0.25) is 0 Å². The molecule has 8 heteroatoms. The van der Waals surface area contributed by atoms with Gasteiger partial charge in [0.1, 0.15) is 5.82 Å². The highest BCUT2D eigenvalue weighted by molar-refractivity contribution is 7.90. The molecule has 7 nitrogen and oxygen atoms in total. The molecule has 0 aliphatic carbocycles. The van der Waals surface area contributed by atoms with Crippen LogP contribution in [0.15, 0.2) is 42.6 Å². The molecule has 0 amide bonds. The predicted octanol–water partition coefficient (Wildman–Crippen LogP) is 2.11. The van der Waals surface area contributed by atoms with Crippen molar-refractivity contribution in [2.45, 2.75) is 0 Å². The zero-order valence-electron chi connectivity index (χ0n) is 13.6. The van der Waals surface area contributed by atoms with Crippen LogP contribution in [0.1, 0.15) is 0 Å². The minimum Gasteiger partial charge on any atom is -0.378 e. The number of nitrogens with one attached hydrogen (secondary N) is 2. The van der Waals surface area contributed by atoms with Crippen molar-refractivity contribution in [3.05, 3.63) is 42.6 Å². The van der Waals surface area contributed by atoms with Gasteiger partial charge >= 0.3 is 10.2 Å². The van der Waals surface area contributed by atoms with Gasteiger partial charge in [-0.1, -0.05) is 0 Å². The van der Waals surface area contributed by atoms with Gasteiger partial charge in [-0.05, 0) is 36.4 Å². The summed E-state index contributed by atoms with van der Waals surface area (Å²) >= 11 is 0. The third kappa shape index (κ3) is 4.57. The number of aromatic nitrogens is 1. The normalized spacial score (nSPS) is 11.3. The second-order valence-corrected chi connectivity index (χ2v) is 7.27. The third-order valence-electron chi connectivity index (χ3n) is 3.15. The fourth-order valence-corrected chi connectivity index (χ4v) is 2.36. The Morgan fingerprint density at radius 3 is 2.00 bits per heavy atom. The number of hydrogen-bond donors (Lipinski definition) is 2. The summed E-state index contributed by atoms with van der Waals surface area (Å²) in [5.41, 5.74) is 2.42. The summed E-state index contributed by atoms with van der Waals surface area (Å²) in [6, 6.07) is 11.3. The largest absolute Gasteiger partial charge is 0.378 e. The summed E-state index contributed by atoms with van der Waals surface area (Å²) in [4.78, 5) is 6.23. The molecule has 0 aliphatic rings. The number of rotatable bonds is 6. The average Bonchev–Trinajstić information content (AvgIpc) is 2.49. The van der Waals surface area contributed by atoms with E-state index in [9.17, 15) is 8.42 Å². The van der Waals surface area contributed by atoms with Crippen LogP contribution in [0.25, 0.3) is 0 Å². The minimum absolute atomic E-state index is 0.409. The van der Waals surface area contributed by atoms with E-state index in [4.69, 9.17) is 0 Å². The van der Waals surface area contributed by atoms with Crippen molar-refractivity contribution in [3.63, 3.8) is 0 Å². The van der Waals surface area contributed by atoms with Crippen LogP contribution in [-0.2, 0) is 10.2 Å². The fourth-order valence-electron chi connectivity index (χ4n) is 1.76. The molecule has 0 bridgehead atoms. The molecular formula is C15H21N5O2S. The number of anilines is 4. The van der Waals surface area contributed by atoms with Crippen molar-refractivity contribution in [1.82, 2.24) is 9.29 Å². The van der Waals surface area contributed by atoms with Gasteiger partial charge in [0, 0.05) is 39.6 Å². The highest BCUT2D eigenvalue weighted by Gasteiger charge is 2.12. The lowest BCUT2D eigenvalue weighted by molar-refractivity contribution is 0.527. The molecule has 2 N–H and O–H groups in total. The molecular weight excluding hydrogens is 314 g/mol. The summed E-state index contributed by atoms with van der Waals surface area (Å²) in [7, 11) is 3.37. The fraction of sp³-hybridized carbons (Fsp3) is 0.267. The van der Waals surface area contributed by atoms with Crippen molar-refractivity contribution < 1.29 is 8.42 Å². The summed E-state index contributed by atoms with van der Waals surface area (Å²) in [6.45, 7) is 0. The summed E-state index contributed by atoms with van der Waals surface area (Å²) in [5.74, 6) is 0.635. The van der Waals surface area contributed by atoms with Crippen molar-refractivity contribution in [1.29, 1.82) is 0 Å². The second-order valence-electron chi connectivity index (χ2n) is 5.39. The first-order valence-corrected chi connectivity index (χ1v) is 8.43. The highest BCUT2D eigenvalue weighted by Crippen LogP contribution is 2.20. The van der Waals surface area contributed by atoms with E-state index in [0.29, 0.717) is 11.5 Å². The maximum atomic E-state index is 11.7. The lowest BCUT2D eigenvalue weighted by Crippen LogP contribution is -2.28. The van der Waals surface area contributed by atoms with Crippen LogP contribution in [0.3, 0.4) is 0 Å². The molecule has 124 valence electrons. The Balaban J connectivity index is 2.05. The molecule has 0 fully saturated rings. The predicted molar refractivity (Wildman–Crippen MR) is 94.5 cm³/mol. The van der Waals surface area contributed by atoms with E-state index in [2.05, 4.69) is 15.0 Å². The molecule has 0 aliphatic heterocycles. The molecule has 0 radical (unpaired) electrons. The Hall–Kier alpha value is -2.32. The highest BCUT2D eigenvalue weighted by atomic mass is 32.2. The van der Waals surface area contributed by atoms with Gasteiger partial charge in [0.15, 0.2) is 0 Å². The molecule has 2 rings (SSSR count). The Bertz CT molecular complexity index is 740. The molecule has 1 heterocycles. The zero-order chi connectivity index (χ0) is 17.0. The Labute approximate surface area is 137 Å². The van der Waals surface area contributed by atoms with E-state index in [1.54, 1.807) is 12.1 Å². The van der Waals surface area contributed by atoms with Crippen LogP contribution in [0, 0.1) is 0 Å². The first kappa shape index (κ1) is 17.0. The lowest BCUT2D eigenvalue weighted by atomic mass is 10.2. The minimum atomic E-state index is -3.52. The van der Waals surface area contributed by atoms with Crippen molar-refractivity contribution in [2.24, 2.45) is 0 Å². The number of pyridine rings is 1. The topological polar surface area (TPSA) is 77.6 Å². The van der Waals surface area contributed by atoms with E-state index >= 15 is 0 Å². The van der Waals surface area contributed by atoms with Crippen LogP contribution < -0.4 is 14.9 Å². The molecule has 0 atom stereocenters. The number of benzene rings is 1. The lowest BCUT2D eigenvalue weighted by Gasteiger charge is -2.14. The maximum absolute atomic E-state index is 11.7. The summed E-state index contributed by atoms with van der Waals surface area (Å²) in [6.07, 6.45) is 1.47. The average molecular weight is 335 g/mol. The molecule has 1 aromatic heterocycles. The van der Waals surface area contributed by atoms with Crippen LogP contribution in [0.5, 0.6) is 0 Å². The van der Waals surface area contributed by atoms with Crippen LogP contribution in [0.4, 0.5) is 22.9 Å². The van der Waals surface area contributed by atoms with E-state index in [1.807, 2.05) is 43.3 Å². The van der Waals surface area contributed by atoms with Gasteiger partial charge in [0.2, 0.25) is 0 Å². The van der Waals surface area contributed by atoms with Gasteiger partial charge in [0.05, 0.1) is 11.9 Å². The molecule has 0 unspecified atom stereocenters. The van der Waals surface area contributed by atoms with Crippen molar-refractivity contribution >= 4 is 33.1 Å². The molecule has 1 aromatic carbocycles. The Morgan fingerprint density at radius 1 is 0.913 bits per heavy atom. The maximum Gasteiger partial charge on any atom is 0.301 e. The van der Waals surface area contributed by atoms with Crippen molar-refractivity contribution in [2.75, 3.05) is 43.1 Å². The number of hydrogen-bond acceptors (Lipinski definition) is 5. The quantitative estimate of drug-likeness (QED) is 0.845. The summed E-state index contributed by atoms with van der Waals surface area (Å²) in [5, 5.41) is 3.17. The molecule has 23 heavy (non-hydrogen) atoms. The zero-order valence-corrected chi connectivity index (χ0v) is 14.4. The monoisotopic (exact) mass is 335 g/mol. The number of nitrogens with zero attached hydrogens (tertiary/aromatic N) is 3. The summed E-state index contributed by atoms with van der Waals surface area (Å²) < 4.78 is 27.0. The van der Waals surface area contributed by atoms with E-state index in [1.165, 1.54) is 20.3 Å².